The minimum absolute atomic E-state index is 0.0647. The molecule has 1 saturated carbocycles. The zero-order valence-corrected chi connectivity index (χ0v) is 13.5. The summed E-state index contributed by atoms with van der Waals surface area (Å²) in [6.45, 7) is 3.80. The molecule has 0 spiro atoms. The Morgan fingerprint density at radius 1 is 1.50 bits per heavy atom. The van der Waals surface area contributed by atoms with E-state index in [1.54, 1.807) is 17.0 Å². The SMILES string of the molecule is CCC1N(c2ccc(C#N)c(Cl)c2C)C(=O)CC1(O)C1CC1. The molecule has 0 bridgehead atoms. The first-order valence-electron chi connectivity index (χ1n) is 7.67. The van der Waals surface area contributed by atoms with Gasteiger partial charge < -0.3 is 10.0 Å². The molecule has 116 valence electrons. The van der Waals surface area contributed by atoms with Crippen molar-refractivity contribution in [3.05, 3.63) is 28.3 Å². The molecule has 1 aliphatic carbocycles. The van der Waals surface area contributed by atoms with Crippen LogP contribution < -0.4 is 4.90 Å². The number of hydrogen-bond donors (Lipinski definition) is 1. The number of aliphatic hydroxyl groups is 1. The summed E-state index contributed by atoms with van der Waals surface area (Å²) >= 11 is 6.24. The number of nitrogens with zero attached hydrogens (tertiary/aromatic N) is 2. The number of amides is 1. The number of halogens is 1. The predicted octanol–water partition coefficient (Wildman–Crippen LogP) is 3.18. The molecule has 0 aromatic heterocycles. The Hall–Kier alpha value is -1.57. The van der Waals surface area contributed by atoms with Crippen molar-refractivity contribution in [1.29, 1.82) is 5.26 Å². The maximum atomic E-state index is 12.6. The number of anilines is 1. The molecule has 1 aromatic rings. The fourth-order valence-electron chi connectivity index (χ4n) is 3.70. The summed E-state index contributed by atoms with van der Waals surface area (Å²) in [4.78, 5) is 14.3. The second-order valence-electron chi connectivity index (χ2n) is 6.31. The van der Waals surface area contributed by atoms with Gasteiger partial charge in [-0.25, -0.2) is 0 Å². The normalized spacial score (nSPS) is 28.0. The molecule has 1 N–H and O–H groups in total. The molecule has 1 aromatic carbocycles. The summed E-state index contributed by atoms with van der Waals surface area (Å²) in [7, 11) is 0. The molecule has 2 unspecified atom stereocenters. The molecule has 1 heterocycles. The highest BCUT2D eigenvalue weighted by Gasteiger charge is 2.57. The molecule has 0 radical (unpaired) electrons. The molecule has 3 rings (SSSR count). The fraction of sp³-hybridized carbons (Fsp3) is 0.529. The third-order valence-corrected chi connectivity index (χ3v) is 5.49. The van der Waals surface area contributed by atoms with Gasteiger partial charge in [-0.1, -0.05) is 18.5 Å². The average Bonchev–Trinajstić information content (AvgIpc) is 3.29. The van der Waals surface area contributed by atoms with Gasteiger partial charge in [0, 0.05) is 5.69 Å². The van der Waals surface area contributed by atoms with Crippen LogP contribution in [0.5, 0.6) is 0 Å². The minimum Gasteiger partial charge on any atom is -0.387 e. The monoisotopic (exact) mass is 318 g/mol. The zero-order valence-electron chi connectivity index (χ0n) is 12.8. The van der Waals surface area contributed by atoms with Crippen LogP contribution in [0, 0.1) is 24.2 Å². The summed E-state index contributed by atoms with van der Waals surface area (Å²) in [5.41, 5.74) is 0.892. The third-order valence-electron chi connectivity index (χ3n) is 5.00. The van der Waals surface area contributed by atoms with Gasteiger partial charge in [-0.3, -0.25) is 4.79 Å². The standard InChI is InChI=1S/C17H19ClN2O2/c1-3-14-17(22,12-5-6-12)8-15(21)20(14)13-7-4-11(9-19)16(18)10(13)2/h4,7,12,14,22H,3,5-6,8H2,1-2H3. The molecule has 2 atom stereocenters. The number of hydrogen-bond acceptors (Lipinski definition) is 3. The average molecular weight is 319 g/mol. The van der Waals surface area contributed by atoms with E-state index in [0.29, 0.717) is 28.3 Å². The summed E-state index contributed by atoms with van der Waals surface area (Å²) in [6, 6.07) is 5.22. The fourth-order valence-corrected chi connectivity index (χ4v) is 3.90. The van der Waals surface area contributed by atoms with Gasteiger partial charge >= 0.3 is 0 Å². The van der Waals surface area contributed by atoms with E-state index in [1.807, 2.05) is 19.9 Å². The molecule has 1 aliphatic heterocycles. The van der Waals surface area contributed by atoms with Gasteiger partial charge in [-0.05, 0) is 49.8 Å². The van der Waals surface area contributed by atoms with E-state index >= 15 is 0 Å². The quantitative estimate of drug-likeness (QED) is 0.931. The Labute approximate surface area is 135 Å². The maximum absolute atomic E-state index is 12.6. The van der Waals surface area contributed by atoms with E-state index in [0.717, 1.165) is 12.8 Å². The Bertz CT molecular complexity index is 678. The highest BCUT2D eigenvalue weighted by molar-refractivity contribution is 6.33. The van der Waals surface area contributed by atoms with E-state index in [2.05, 4.69) is 0 Å². The number of nitriles is 1. The predicted molar refractivity (Wildman–Crippen MR) is 84.8 cm³/mol. The first kappa shape index (κ1) is 15.3. The molecule has 1 saturated heterocycles. The van der Waals surface area contributed by atoms with Crippen LogP contribution in [0.25, 0.3) is 0 Å². The molecule has 2 aliphatic rings. The topological polar surface area (TPSA) is 64.3 Å². The van der Waals surface area contributed by atoms with Gasteiger partial charge in [-0.15, -0.1) is 0 Å². The van der Waals surface area contributed by atoms with E-state index in [-0.39, 0.29) is 24.3 Å². The summed E-state index contributed by atoms with van der Waals surface area (Å²) in [5.74, 6) is 0.158. The number of carbonyl (C=O) groups is 1. The van der Waals surface area contributed by atoms with Crippen LogP contribution in [-0.4, -0.2) is 22.7 Å². The van der Waals surface area contributed by atoms with Crippen LogP contribution in [0.3, 0.4) is 0 Å². The molecule has 1 amide bonds. The Kier molecular flexibility index (Phi) is 3.66. The van der Waals surface area contributed by atoms with Crippen LogP contribution in [0.15, 0.2) is 12.1 Å². The summed E-state index contributed by atoms with van der Waals surface area (Å²) in [6.07, 6.45) is 2.84. The third kappa shape index (κ3) is 2.12. The summed E-state index contributed by atoms with van der Waals surface area (Å²) in [5, 5.41) is 20.4. The Morgan fingerprint density at radius 3 is 2.73 bits per heavy atom. The van der Waals surface area contributed by atoms with Gasteiger partial charge in [0.25, 0.3) is 0 Å². The smallest absolute Gasteiger partial charge is 0.230 e. The van der Waals surface area contributed by atoms with Gasteiger partial charge in [-0.2, -0.15) is 5.26 Å². The lowest BCUT2D eigenvalue weighted by Gasteiger charge is -2.34. The van der Waals surface area contributed by atoms with Crippen molar-refractivity contribution in [2.75, 3.05) is 4.90 Å². The second-order valence-corrected chi connectivity index (χ2v) is 6.69. The summed E-state index contributed by atoms with van der Waals surface area (Å²) < 4.78 is 0. The first-order chi connectivity index (χ1) is 10.4. The van der Waals surface area contributed by atoms with Crippen molar-refractivity contribution < 1.29 is 9.90 Å². The molecule has 22 heavy (non-hydrogen) atoms. The van der Waals surface area contributed by atoms with E-state index in [1.165, 1.54) is 0 Å². The highest BCUT2D eigenvalue weighted by Crippen LogP contribution is 2.50. The van der Waals surface area contributed by atoms with Crippen molar-refractivity contribution in [3.8, 4) is 6.07 Å². The van der Waals surface area contributed by atoms with Crippen LogP contribution in [0.4, 0.5) is 5.69 Å². The first-order valence-corrected chi connectivity index (χ1v) is 8.05. The van der Waals surface area contributed by atoms with E-state index < -0.39 is 5.60 Å². The Morgan fingerprint density at radius 2 is 2.18 bits per heavy atom. The minimum atomic E-state index is -0.932. The van der Waals surface area contributed by atoms with E-state index in [4.69, 9.17) is 16.9 Å². The van der Waals surface area contributed by atoms with Crippen molar-refractivity contribution >= 4 is 23.2 Å². The van der Waals surface area contributed by atoms with Crippen LogP contribution in [0.2, 0.25) is 5.02 Å². The molecular formula is C17H19ClN2O2. The lowest BCUT2D eigenvalue weighted by molar-refractivity contribution is -0.118. The van der Waals surface area contributed by atoms with Crippen LogP contribution in [0.1, 0.15) is 43.7 Å². The molecule has 5 heteroatoms. The lowest BCUT2D eigenvalue weighted by atomic mass is 9.87. The van der Waals surface area contributed by atoms with Crippen LogP contribution in [-0.2, 0) is 4.79 Å². The molecule has 2 fully saturated rings. The highest BCUT2D eigenvalue weighted by atomic mass is 35.5. The number of carbonyl (C=O) groups excluding carboxylic acids is 1. The zero-order chi connectivity index (χ0) is 16.1. The van der Waals surface area contributed by atoms with Gasteiger partial charge in [0.05, 0.1) is 28.6 Å². The molecule has 4 nitrogen and oxygen atoms in total. The number of rotatable bonds is 3. The van der Waals surface area contributed by atoms with Gasteiger partial charge in [0.15, 0.2) is 0 Å². The number of benzene rings is 1. The van der Waals surface area contributed by atoms with Crippen molar-refractivity contribution in [3.63, 3.8) is 0 Å². The lowest BCUT2D eigenvalue weighted by Crippen LogP contribution is -2.46. The second kappa shape index (κ2) is 5.26. The van der Waals surface area contributed by atoms with Gasteiger partial charge in [0.1, 0.15) is 6.07 Å². The van der Waals surface area contributed by atoms with Crippen molar-refractivity contribution in [1.82, 2.24) is 0 Å². The molecular weight excluding hydrogens is 300 g/mol. The Balaban J connectivity index is 2.06. The van der Waals surface area contributed by atoms with Crippen molar-refractivity contribution in [2.24, 2.45) is 5.92 Å². The largest absolute Gasteiger partial charge is 0.387 e. The van der Waals surface area contributed by atoms with Crippen molar-refractivity contribution in [2.45, 2.75) is 51.2 Å². The maximum Gasteiger partial charge on any atom is 0.230 e. The van der Waals surface area contributed by atoms with Crippen LogP contribution >= 0.6 is 11.6 Å². The van der Waals surface area contributed by atoms with E-state index in [9.17, 15) is 9.90 Å². The van der Waals surface area contributed by atoms with Gasteiger partial charge in [0.2, 0.25) is 5.91 Å².